The van der Waals surface area contributed by atoms with Crippen LogP contribution in [0, 0.1) is 23.2 Å². The number of aliphatic hydroxyl groups is 1. The van der Waals surface area contributed by atoms with Gasteiger partial charge in [0.2, 0.25) is 0 Å². The third-order valence-corrected chi connectivity index (χ3v) is 6.55. The summed E-state index contributed by atoms with van der Waals surface area (Å²) < 4.78 is 0. The first-order chi connectivity index (χ1) is 10.4. The van der Waals surface area contributed by atoms with E-state index >= 15 is 0 Å². The molecule has 4 saturated carbocycles. The zero-order valence-corrected chi connectivity index (χ0v) is 13.3. The van der Waals surface area contributed by atoms with Crippen molar-refractivity contribution in [1.82, 2.24) is 10.4 Å². The average Bonchev–Trinajstić information content (AvgIpc) is 2.78. The van der Waals surface area contributed by atoms with Crippen LogP contribution in [0.15, 0.2) is 0 Å². The second-order valence-corrected chi connectivity index (χ2v) is 8.36. The van der Waals surface area contributed by atoms with Crippen molar-refractivity contribution in [2.75, 3.05) is 6.54 Å². The zero-order valence-electron chi connectivity index (χ0n) is 13.3. The standard InChI is InChI=1S/C17H25N3O2/c1-12(21)17(11-18)3-2-4-20(17)19-15-6-13-5-14(7-15)9-16(22,8-13)10-15/h13-14,19,22H,2-10H2,1H3. The van der Waals surface area contributed by atoms with Crippen LogP contribution in [0.4, 0.5) is 0 Å². The molecule has 0 radical (unpaired) electrons. The number of carbonyl (C=O) groups is 1. The van der Waals surface area contributed by atoms with Crippen molar-refractivity contribution < 1.29 is 9.90 Å². The highest BCUT2D eigenvalue weighted by atomic mass is 16.3. The van der Waals surface area contributed by atoms with Crippen LogP contribution in [0.5, 0.6) is 0 Å². The summed E-state index contributed by atoms with van der Waals surface area (Å²) in [6, 6.07) is 2.27. The minimum Gasteiger partial charge on any atom is -0.390 e. The molecule has 4 bridgehead atoms. The van der Waals surface area contributed by atoms with Gasteiger partial charge in [0.05, 0.1) is 11.7 Å². The molecule has 2 N–H and O–H groups in total. The molecule has 1 heterocycles. The van der Waals surface area contributed by atoms with Gasteiger partial charge in [-0.3, -0.25) is 4.79 Å². The topological polar surface area (TPSA) is 76.4 Å². The lowest BCUT2D eigenvalue weighted by molar-refractivity contribution is -0.162. The van der Waals surface area contributed by atoms with E-state index in [1.807, 2.05) is 5.01 Å². The fourth-order valence-electron chi connectivity index (χ4n) is 6.16. The van der Waals surface area contributed by atoms with Gasteiger partial charge in [-0.25, -0.2) is 10.4 Å². The van der Waals surface area contributed by atoms with Crippen LogP contribution >= 0.6 is 0 Å². The summed E-state index contributed by atoms with van der Waals surface area (Å²) in [4.78, 5) is 12.1. The molecule has 3 unspecified atom stereocenters. The average molecular weight is 303 g/mol. The summed E-state index contributed by atoms with van der Waals surface area (Å²) in [5.41, 5.74) is 1.96. The highest BCUT2D eigenvalue weighted by Crippen LogP contribution is 2.57. The molecule has 120 valence electrons. The quantitative estimate of drug-likeness (QED) is 0.827. The Morgan fingerprint density at radius 2 is 2.00 bits per heavy atom. The van der Waals surface area contributed by atoms with E-state index in [9.17, 15) is 15.2 Å². The summed E-state index contributed by atoms with van der Waals surface area (Å²) in [5.74, 6) is 1.12. The number of ketones is 1. The van der Waals surface area contributed by atoms with Gasteiger partial charge in [0.25, 0.3) is 0 Å². The molecule has 0 aromatic heterocycles. The normalized spacial score (nSPS) is 50.2. The van der Waals surface area contributed by atoms with Crippen molar-refractivity contribution in [3.05, 3.63) is 0 Å². The number of hydrazine groups is 1. The highest BCUT2D eigenvalue weighted by Gasteiger charge is 2.59. The molecule has 0 amide bonds. The van der Waals surface area contributed by atoms with Crippen LogP contribution in [0.25, 0.3) is 0 Å². The number of carbonyl (C=O) groups excluding carboxylic acids is 1. The van der Waals surface area contributed by atoms with Crippen LogP contribution in [0.2, 0.25) is 0 Å². The van der Waals surface area contributed by atoms with Crippen molar-refractivity contribution in [2.45, 2.75) is 75.0 Å². The number of nitrogens with one attached hydrogen (secondary N) is 1. The van der Waals surface area contributed by atoms with Gasteiger partial charge in [-0.15, -0.1) is 0 Å². The van der Waals surface area contributed by atoms with E-state index in [2.05, 4.69) is 11.5 Å². The SMILES string of the molecule is CC(=O)C1(C#N)CCCN1NC12CC3CC(CC(O)(C3)C1)C2. The molecular formula is C17H25N3O2. The van der Waals surface area contributed by atoms with Crippen LogP contribution in [0.1, 0.15) is 58.3 Å². The van der Waals surface area contributed by atoms with E-state index < -0.39 is 11.1 Å². The Labute approximate surface area is 131 Å². The lowest BCUT2D eigenvalue weighted by Crippen LogP contribution is -2.70. The maximum Gasteiger partial charge on any atom is 0.180 e. The maximum atomic E-state index is 12.1. The van der Waals surface area contributed by atoms with Crippen molar-refractivity contribution in [2.24, 2.45) is 11.8 Å². The molecule has 4 aliphatic carbocycles. The van der Waals surface area contributed by atoms with Gasteiger partial charge in [-0.1, -0.05) is 0 Å². The highest BCUT2D eigenvalue weighted by molar-refractivity contribution is 5.89. The fourth-order valence-corrected chi connectivity index (χ4v) is 6.16. The summed E-state index contributed by atoms with van der Waals surface area (Å²) in [7, 11) is 0. The molecule has 0 spiro atoms. The molecule has 0 aromatic rings. The van der Waals surface area contributed by atoms with Crippen molar-refractivity contribution in [3.63, 3.8) is 0 Å². The minimum atomic E-state index is -1.01. The number of rotatable bonds is 3. The predicted molar refractivity (Wildman–Crippen MR) is 80.5 cm³/mol. The number of Topliss-reactive ketones (excluding diaryl/α,β-unsaturated/α-hetero) is 1. The number of hydrogen-bond donors (Lipinski definition) is 2. The zero-order chi connectivity index (χ0) is 15.6. The van der Waals surface area contributed by atoms with Gasteiger partial charge < -0.3 is 5.11 Å². The maximum absolute atomic E-state index is 12.1. The van der Waals surface area contributed by atoms with Gasteiger partial charge >= 0.3 is 0 Å². The Balaban J connectivity index is 1.61. The molecule has 22 heavy (non-hydrogen) atoms. The monoisotopic (exact) mass is 303 g/mol. The smallest absolute Gasteiger partial charge is 0.180 e. The number of nitrogens with zero attached hydrogens (tertiary/aromatic N) is 2. The van der Waals surface area contributed by atoms with Crippen molar-refractivity contribution >= 4 is 5.78 Å². The third-order valence-electron chi connectivity index (χ3n) is 6.55. The summed E-state index contributed by atoms with van der Waals surface area (Å²) in [6.07, 6.45) is 7.49. The first-order valence-electron chi connectivity index (χ1n) is 8.59. The van der Waals surface area contributed by atoms with Crippen molar-refractivity contribution in [1.29, 1.82) is 5.26 Å². The first-order valence-corrected chi connectivity index (χ1v) is 8.59. The Kier molecular flexibility index (Phi) is 3.01. The molecule has 0 aromatic carbocycles. The van der Waals surface area contributed by atoms with E-state index in [4.69, 9.17) is 0 Å². The molecule has 5 aliphatic rings. The lowest BCUT2D eigenvalue weighted by atomic mass is 9.51. The predicted octanol–water partition coefficient (Wildman–Crippen LogP) is 1.52. The van der Waals surface area contributed by atoms with E-state index in [0.717, 1.165) is 45.1 Å². The molecular weight excluding hydrogens is 278 g/mol. The number of hydrogen-bond acceptors (Lipinski definition) is 5. The van der Waals surface area contributed by atoms with E-state index in [1.165, 1.54) is 13.3 Å². The van der Waals surface area contributed by atoms with Gasteiger partial charge in [0.1, 0.15) is 0 Å². The van der Waals surface area contributed by atoms with Crippen molar-refractivity contribution in [3.8, 4) is 6.07 Å². The van der Waals surface area contributed by atoms with Crippen LogP contribution in [0.3, 0.4) is 0 Å². The molecule has 5 nitrogen and oxygen atoms in total. The number of nitriles is 1. The summed E-state index contributed by atoms with van der Waals surface area (Å²) in [5, 5.41) is 22.4. The largest absolute Gasteiger partial charge is 0.390 e. The Morgan fingerprint density at radius 3 is 2.55 bits per heavy atom. The Morgan fingerprint density at radius 1 is 1.32 bits per heavy atom. The van der Waals surface area contributed by atoms with E-state index in [0.29, 0.717) is 18.3 Å². The second-order valence-electron chi connectivity index (χ2n) is 8.36. The van der Waals surface area contributed by atoms with Crippen LogP contribution in [-0.2, 0) is 4.79 Å². The molecule has 5 rings (SSSR count). The summed E-state index contributed by atoms with van der Waals surface area (Å²) >= 11 is 0. The molecule has 1 aliphatic heterocycles. The van der Waals surface area contributed by atoms with Gasteiger partial charge in [-0.05, 0) is 70.1 Å². The first kappa shape index (κ1) is 14.6. The lowest BCUT2D eigenvalue weighted by Gasteiger charge is -2.61. The van der Waals surface area contributed by atoms with Crippen LogP contribution < -0.4 is 5.43 Å². The summed E-state index contributed by atoms with van der Waals surface area (Å²) in [6.45, 7) is 2.26. The second kappa shape index (κ2) is 4.53. The fraction of sp³-hybridized carbons (Fsp3) is 0.882. The van der Waals surface area contributed by atoms with E-state index in [1.54, 1.807) is 0 Å². The molecule has 5 heteroatoms. The molecule has 3 atom stereocenters. The van der Waals surface area contributed by atoms with Crippen LogP contribution in [-0.4, -0.2) is 39.1 Å². The van der Waals surface area contributed by atoms with Gasteiger partial charge in [0, 0.05) is 12.1 Å². The van der Waals surface area contributed by atoms with Gasteiger partial charge in [0.15, 0.2) is 11.3 Å². The van der Waals surface area contributed by atoms with E-state index in [-0.39, 0.29) is 11.3 Å². The Hall–Kier alpha value is -0.960. The molecule has 5 fully saturated rings. The Bertz CT molecular complexity index is 541. The minimum absolute atomic E-state index is 0.0663. The molecule has 1 saturated heterocycles. The van der Waals surface area contributed by atoms with Gasteiger partial charge in [-0.2, -0.15) is 5.26 Å². The third kappa shape index (κ3) is 1.97.